The minimum absolute atomic E-state index is 0.173. The Bertz CT molecular complexity index is 865. The molecule has 2 heterocycles. The predicted molar refractivity (Wildman–Crippen MR) is 90.6 cm³/mol. The summed E-state index contributed by atoms with van der Waals surface area (Å²) in [5.41, 5.74) is 2.89. The van der Waals surface area contributed by atoms with Crippen LogP contribution in [0.5, 0.6) is 0 Å². The number of carbonyl (C=O) groups is 2. The quantitative estimate of drug-likeness (QED) is 0.777. The minimum Gasteiger partial charge on any atom is -0.448 e. The molecule has 2 aromatic rings. The molecule has 1 fully saturated rings. The summed E-state index contributed by atoms with van der Waals surface area (Å²) >= 11 is 0. The number of benzene rings is 2. The first-order valence-electron chi connectivity index (χ1n) is 8.55. The van der Waals surface area contributed by atoms with E-state index in [4.69, 9.17) is 9.57 Å². The summed E-state index contributed by atoms with van der Waals surface area (Å²) in [7, 11) is 0. The molecular weight excluding hydrogens is 337 g/mol. The molecule has 2 aliphatic heterocycles. The fraction of sp³-hybridized carbons (Fsp3) is 0.300. The topological polar surface area (TPSA) is 55.8 Å². The van der Waals surface area contributed by atoms with Gasteiger partial charge in [-0.1, -0.05) is 35.9 Å². The zero-order valence-corrected chi connectivity index (χ0v) is 14.3. The largest absolute Gasteiger partial charge is 0.448 e. The Morgan fingerprint density at radius 2 is 1.96 bits per heavy atom. The first-order chi connectivity index (χ1) is 12.5. The second-order valence-electron chi connectivity index (χ2n) is 6.61. The summed E-state index contributed by atoms with van der Waals surface area (Å²) in [5.74, 6) is -1.58. The van der Waals surface area contributed by atoms with Crippen LogP contribution in [0.25, 0.3) is 0 Å². The monoisotopic (exact) mass is 355 g/mol. The highest BCUT2D eigenvalue weighted by atomic mass is 19.1. The van der Waals surface area contributed by atoms with Gasteiger partial charge in [0.2, 0.25) is 0 Å². The molecule has 2 unspecified atom stereocenters. The summed E-state index contributed by atoms with van der Waals surface area (Å²) in [4.78, 5) is 30.6. The molecule has 0 radical (unpaired) electrons. The number of fused-ring (bicyclic) bond motifs is 1. The number of hydroxylamine groups is 2. The van der Waals surface area contributed by atoms with Gasteiger partial charge >= 0.3 is 5.97 Å². The molecule has 0 spiro atoms. The number of cyclic esters (lactones) is 1. The molecule has 4 rings (SSSR count). The molecular formula is C20H18FNO4. The lowest BCUT2D eigenvalue weighted by atomic mass is 9.97. The second-order valence-corrected chi connectivity index (χ2v) is 6.61. The number of esters is 1. The molecule has 2 aromatic carbocycles. The number of carbonyl (C=O) groups excluding carboxylic acids is 2. The highest BCUT2D eigenvalue weighted by Crippen LogP contribution is 2.33. The Kier molecular flexibility index (Phi) is 4.20. The van der Waals surface area contributed by atoms with E-state index in [1.807, 2.05) is 31.2 Å². The third-order valence-electron chi connectivity index (χ3n) is 4.81. The van der Waals surface area contributed by atoms with Crippen LogP contribution in [-0.4, -0.2) is 29.7 Å². The first kappa shape index (κ1) is 16.7. The van der Waals surface area contributed by atoms with Crippen LogP contribution in [0.3, 0.4) is 0 Å². The van der Waals surface area contributed by atoms with Crippen molar-refractivity contribution in [3.8, 4) is 0 Å². The van der Waals surface area contributed by atoms with Gasteiger partial charge in [-0.15, -0.1) is 0 Å². The van der Waals surface area contributed by atoms with Crippen molar-refractivity contribution in [2.24, 2.45) is 0 Å². The van der Waals surface area contributed by atoms with Crippen LogP contribution in [0.15, 0.2) is 42.5 Å². The number of hydrogen-bond donors (Lipinski definition) is 0. The number of halogens is 1. The van der Waals surface area contributed by atoms with Gasteiger partial charge in [0, 0.05) is 12.8 Å². The van der Waals surface area contributed by atoms with Gasteiger partial charge in [0.25, 0.3) is 5.91 Å². The van der Waals surface area contributed by atoms with E-state index < -0.39 is 23.8 Å². The summed E-state index contributed by atoms with van der Waals surface area (Å²) in [5, 5.41) is 1.32. The highest BCUT2D eigenvalue weighted by Gasteiger charge is 2.40. The fourth-order valence-corrected chi connectivity index (χ4v) is 3.41. The van der Waals surface area contributed by atoms with Gasteiger partial charge in [-0.2, -0.15) is 0 Å². The van der Waals surface area contributed by atoms with Crippen molar-refractivity contribution in [2.75, 3.05) is 6.61 Å². The Labute approximate surface area is 150 Å². The van der Waals surface area contributed by atoms with Gasteiger partial charge in [0.05, 0.1) is 18.2 Å². The molecule has 0 aromatic heterocycles. The van der Waals surface area contributed by atoms with Gasteiger partial charge in [0.15, 0.2) is 6.10 Å². The van der Waals surface area contributed by atoms with Crippen LogP contribution in [0.1, 0.15) is 39.5 Å². The van der Waals surface area contributed by atoms with Crippen LogP contribution in [0.2, 0.25) is 0 Å². The van der Waals surface area contributed by atoms with E-state index in [0.717, 1.165) is 17.2 Å². The average Bonchev–Trinajstić information content (AvgIpc) is 3.12. The maximum absolute atomic E-state index is 13.3. The van der Waals surface area contributed by atoms with Crippen LogP contribution >= 0.6 is 0 Å². The summed E-state index contributed by atoms with van der Waals surface area (Å²) in [6.45, 7) is 2.42. The molecule has 6 heteroatoms. The van der Waals surface area contributed by atoms with E-state index in [0.29, 0.717) is 18.6 Å². The van der Waals surface area contributed by atoms with Crippen molar-refractivity contribution < 1.29 is 23.6 Å². The smallest absolute Gasteiger partial charge is 0.339 e. The zero-order valence-electron chi connectivity index (χ0n) is 14.3. The lowest BCUT2D eigenvalue weighted by Gasteiger charge is -2.29. The van der Waals surface area contributed by atoms with E-state index in [1.165, 1.54) is 17.2 Å². The van der Waals surface area contributed by atoms with Crippen LogP contribution in [-0.2, 0) is 20.8 Å². The van der Waals surface area contributed by atoms with Gasteiger partial charge in [-0.25, -0.2) is 14.2 Å². The third kappa shape index (κ3) is 2.97. The number of nitrogens with zero attached hydrogens (tertiary/aromatic N) is 1. The Morgan fingerprint density at radius 3 is 2.73 bits per heavy atom. The van der Waals surface area contributed by atoms with E-state index in [-0.39, 0.29) is 18.0 Å². The molecule has 0 bridgehead atoms. The molecule has 2 aliphatic rings. The summed E-state index contributed by atoms with van der Waals surface area (Å²) in [6.07, 6.45) is -0.0794. The number of hydrogen-bond acceptors (Lipinski definition) is 4. The Balaban J connectivity index is 1.56. The molecule has 0 saturated carbocycles. The van der Waals surface area contributed by atoms with Gasteiger partial charge in [-0.05, 0) is 30.2 Å². The van der Waals surface area contributed by atoms with Crippen molar-refractivity contribution in [1.82, 2.24) is 5.06 Å². The second kappa shape index (κ2) is 6.53. The molecule has 1 amide bonds. The molecule has 5 nitrogen and oxygen atoms in total. The van der Waals surface area contributed by atoms with Crippen LogP contribution in [0, 0.1) is 12.7 Å². The Hall–Kier alpha value is -2.73. The molecule has 0 aliphatic carbocycles. The standard InChI is InChI=1S/C20H18FNO4/c1-12-2-4-13(5-3-12)17-8-9-25-22(17)19(23)18-10-14-6-7-15(21)11-16(14)20(24)26-18/h2-7,11,17-18H,8-10H2,1H3. The highest BCUT2D eigenvalue weighted by molar-refractivity contribution is 5.95. The SMILES string of the molecule is Cc1ccc(C2CCON2C(=O)C2Cc3ccc(F)cc3C(=O)O2)cc1. The van der Waals surface area contributed by atoms with Gasteiger partial charge < -0.3 is 4.74 Å². The van der Waals surface area contributed by atoms with Crippen molar-refractivity contribution in [1.29, 1.82) is 0 Å². The molecule has 26 heavy (non-hydrogen) atoms. The summed E-state index contributed by atoms with van der Waals surface area (Å²) in [6, 6.07) is 11.6. The number of rotatable bonds is 2. The lowest BCUT2D eigenvalue weighted by Crippen LogP contribution is -2.43. The van der Waals surface area contributed by atoms with Crippen LogP contribution in [0.4, 0.5) is 4.39 Å². The zero-order chi connectivity index (χ0) is 18.3. The number of aryl methyl sites for hydroxylation is 1. The third-order valence-corrected chi connectivity index (χ3v) is 4.81. The van der Waals surface area contributed by atoms with E-state index in [2.05, 4.69) is 0 Å². The van der Waals surface area contributed by atoms with E-state index in [1.54, 1.807) is 0 Å². The normalized spacial score (nSPS) is 22.1. The predicted octanol–water partition coefficient (Wildman–Crippen LogP) is 3.12. The maximum atomic E-state index is 13.3. The summed E-state index contributed by atoms with van der Waals surface area (Å²) < 4.78 is 18.6. The molecule has 2 atom stereocenters. The van der Waals surface area contributed by atoms with Crippen molar-refractivity contribution in [2.45, 2.75) is 31.9 Å². The van der Waals surface area contributed by atoms with Crippen LogP contribution < -0.4 is 0 Å². The van der Waals surface area contributed by atoms with Crippen molar-refractivity contribution in [3.05, 3.63) is 70.5 Å². The fourth-order valence-electron chi connectivity index (χ4n) is 3.41. The number of ether oxygens (including phenoxy) is 1. The average molecular weight is 355 g/mol. The molecule has 134 valence electrons. The Morgan fingerprint density at radius 1 is 1.19 bits per heavy atom. The molecule has 1 saturated heterocycles. The lowest BCUT2D eigenvalue weighted by molar-refractivity contribution is -0.186. The van der Waals surface area contributed by atoms with Gasteiger partial charge in [-0.3, -0.25) is 9.63 Å². The molecule has 0 N–H and O–H groups in total. The van der Waals surface area contributed by atoms with Crippen molar-refractivity contribution >= 4 is 11.9 Å². The van der Waals surface area contributed by atoms with E-state index >= 15 is 0 Å². The number of amides is 1. The van der Waals surface area contributed by atoms with Crippen molar-refractivity contribution in [3.63, 3.8) is 0 Å². The minimum atomic E-state index is -0.966. The first-order valence-corrected chi connectivity index (χ1v) is 8.55. The van der Waals surface area contributed by atoms with Gasteiger partial charge in [0.1, 0.15) is 5.82 Å². The maximum Gasteiger partial charge on any atom is 0.339 e. The van der Waals surface area contributed by atoms with E-state index in [9.17, 15) is 14.0 Å².